The second-order valence-corrected chi connectivity index (χ2v) is 8.26. The third kappa shape index (κ3) is 5.84. The Morgan fingerprint density at radius 1 is 1.10 bits per heavy atom. The van der Waals surface area contributed by atoms with Gasteiger partial charge in [0.25, 0.3) is 0 Å². The Morgan fingerprint density at radius 3 is 2.45 bits per heavy atom. The van der Waals surface area contributed by atoms with Gasteiger partial charge in [0.2, 0.25) is 5.91 Å². The molecule has 3 aromatic rings. The number of aromatic nitrogens is 3. The number of ether oxygens (including phenoxy) is 2. The van der Waals surface area contributed by atoms with E-state index in [-0.39, 0.29) is 11.7 Å². The maximum atomic E-state index is 12.5. The van der Waals surface area contributed by atoms with E-state index in [1.54, 1.807) is 12.1 Å². The fourth-order valence-electron chi connectivity index (χ4n) is 2.93. The van der Waals surface area contributed by atoms with Gasteiger partial charge in [0.1, 0.15) is 17.3 Å². The number of hydrogen-bond donors (Lipinski definition) is 1. The van der Waals surface area contributed by atoms with E-state index in [1.807, 2.05) is 35.8 Å². The van der Waals surface area contributed by atoms with E-state index in [1.165, 1.54) is 26.0 Å². The molecule has 10 heteroatoms. The van der Waals surface area contributed by atoms with Crippen LogP contribution in [0.25, 0.3) is 0 Å². The summed E-state index contributed by atoms with van der Waals surface area (Å²) in [6, 6.07) is 10.9. The van der Waals surface area contributed by atoms with Gasteiger partial charge in [-0.2, -0.15) is 0 Å². The molecule has 3 rings (SSSR count). The molecule has 1 heterocycles. The first-order valence-corrected chi connectivity index (χ1v) is 11.2. The summed E-state index contributed by atoms with van der Waals surface area (Å²) in [4.78, 5) is 12.5. The SMILES string of the molecule is CCn1c(Cc2ccc(Cl)cc2)nnc1SCC(=O)Nc1cc(OC)c(Cl)cc1OC. The van der Waals surface area contributed by atoms with Crippen molar-refractivity contribution in [2.75, 3.05) is 25.3 Å². The Morgan fingerprint density at radius 2 is 1.81 bits per heavy atom. The van der Waals surface area contributed by atoms with Crippen molar-refractivity contribution in [2.24, 2.45) is 0 Å². The summed E-state index contributed by atoms with van der Waals surface area (Å²) in [7, 11) is 3.02. The lowest BCUT2D eigenvalue weighted by Gasteiger charge is -2.13. The Kier molecular flexibility index (Phi) is 8.06. The van der Waals surface area contributed by atoms with Crippen LogP contribution in [0.2, 0.25) is 10.0 Å². The van der Waals surface area contributed by atoms with Crippen LogP contribution in [-0.2, 0) is 17.8 Å². The van der Waals surface area contributed by atoms with Crippen LogP contribution >= 0.6 is 35.0 Å². The molecule has 0 unspecified atom stereocenters. The van der Waals surface area contributed by atoms with Gasteiger partial charge in [-0.15, -0.1) is 10.2 Å². The molecule has 0 radical (unpaired) electrons. The highest BCUT2D eigenvalue weighted by Gasteiger charge is 2.16. The fraction of sp³-hybridized carbons (Fsp3) is 0.286. The van der Waals surface area contributed by atoms with E-state index in [0.29, 0.717) is 45.4 Å². The number of thioether (sulfide) groups is 1. The molecule has 1 amide bonds. The van der Waals surface area contributed by atoms with Gasteiger partial charge in [0.15, 0.2) is 5.16 Å². The van der Waals surface area contributed by atoms with Crippen molar-refractivity contribution >= 4 is 46.6 Å². The second-order valence-electron chi connectivity index (χ2n) is 6.47. The number of amides is 1. The molecule has 0 aliphatic carbocycles. The number of halogens is 2. The molecule has 0 bridgehead atoms. The van der Waals surface area contributed by atoms with Gasteiger partial charge in [-0.25, -0.2) is 0 Å². The molecule has 0 aliphatic rings. The van der Waals surface area contributed by atoms with Gasteiger partial charge < -0.3 is 19.4 Å². The molecule has 7 nitrogen and oxygen atoms in total. The number of methoxy groups -OCH3 is 2. The standard InChI is InChI=1S/C21H22Cl2N4O3S/c1-4-27-19(9-13-5-7-14(22)8-6-13)25-26-21(27)31-12-20(28)24-16-11-17(29-2)15(23)10-18(16)30-3/h5-8,10-11H,4,9,12H2,1-3H3,(H,24,28). The quantitative estimate of drug-likeness (QED) is 0.436. The van der Waals surface area contributed by atoms with Crippen LogP contribution in [0.5, 0.6) is 11.5 Å². The average Bonchev–Trinajstić information content (AvgIpc) is 3.16. The molecular formula is C21H22Cl2N4O3S. The zero-order valence-electron chi connectivity index (χ0n) is 17.3. The molecule has 0 aliphatic heterocycles. The third-order valence-corrected chi connectivity index (χ3v) is 5.98. The summed E-state index contributed by atoms with van der Waals surface area (Å²) in [5.41, 5.74) is 1.57. The first-order valence-electron chi connectivity index (χ1n) is 9.45. The van der Waals surface area contributed by atoms with E-state index in [4.69, 9.17) is 32.7 Å². The third-order valence-electron chi connectivity index (χ3n) is 4.47. The van der Waals surface area contributed by atoms with Crippen LogP contribution in [-0.4, -0.2) is 40.6 Å². The van der Waals surface area contributed by atoms with Crippen molar-refractivity contribution in [3.05, 3.63) is 57.8 Å². The van der Waals surface area contributed by atoms with Crippen LogP contribution in [0.3, 0.4) is 0 Å². The number of nitrogens with zero attached hydrogens (tertiary/aromatic N) is 3. The molecule has 2 aromatic carbocycles. The minimum absolute atomic E-state index is 0.160. The van der Waals surface area contributed by atoms with Gasteiger partial charge in [-0.05, 0) is 24.6 Å². The monoisotopic (exact) mass is 480 g/mol. The largest absolute Gasteiger partial charge is 0.495 e. The van der Waals surface area contributed by atoms with Gasteiger partial charge in [0, 0.05) is 30.1 Å². The summed E-state index contributed by atoms with van der Waals surface area (Å²) < 4.78 is 12.5. The number of benzene rings is 2. The maximum Gasteiger partial charge on any atom is 0.234 e. The summed E-state index contributed by atoms with van der Waals surface area (Å²) >= 11 is 13.4. The van der Waals surface area contributed by atoms with Crippen molar-refractivity contribution in [1.82, 2.24) is 14.8 Å². The number of rotatable bonds is 9. The number of nitrogens with one attached hydrogen (secondary N) is 1. The average molecular weight is 481 g/mol. The van der Waals surface area contributed by atoms with Crippen LogP contribution in [0, 0.1) is 0 Å². The molecule has 0 saturated carbocycles. The van der Waals surface area contributed by atoms with Crippen LogP contribution < -0.4 is 14.8 Å². The predicted octanol–water partition coefficient (Wildman–Crippen LogP) is 4.94. The van der Waals surface area contributed by atoms with Crippen LogP contribution in [0.1, 0.15) is 18.3 Å². The minimum atomic E-state index is -0.211. The smallest absolute Gasteiger partial charge is 0.234 e. The van der Waals surface area contributed by atoms with Crippen LogP contribution in [0.4, 0.5) is 5.69 Å². The zero-order chi connectivity index (χ0) is 22.4. The van der Waals surface area contributed by atoms with Gasteiger partial charge in [-0.1, -0.05) is 47.1 Å². The van der Waals surface area contributed by atoms with E-state index in [0.717, 1.165) is 11.4 Å². The van der Waals surface area contributed by atoms with Crippen LogP contribution in [0.15, 0.2) is 41.6 Å². The number of carbonyl (C=O) groups is 1. The van der Waals surface area contributed by atoms with Gasteiger partial charge >= 0.3 is 0 Å². The molecular weight excluding hydrogens is 459 g/mol. The Labute approximate surface area is 195 Å². The van der Waals surface area contributed by atoms with E-state index >= 15 is 0 Å². The summed E-state index contributed by atoms with van der Waals surface area (Å²) in [5.74, 6) is 1.68. The summed E-state index contributed by atoms with van der Waals surface area (Å²) in [6.07, 6.45) is 0.631. The topological polar surface area (TPSA) is 78.3 Å². The lowest BCUT2D eigenvalue weighted by Crippen LogP contribution is -2.15. The molecule has 0 fully saturated rings. The van der Waals surface area contributed by atoms with E-state index in [2.05, 4.69) is 15.5 Å². The minimum Gasteiger partial charge on any atom is -0.495 e. The summed E-state index contributed by atoms with van der Waals surface area (Å²) in [6.45, 7) is 2.71. The number of hydrogen-bond acceptors (Lipinski definition) is 6. The Bertz CT molecular complexity index is 1060. The fourth-order valence-corrected chi connectivity index (χ4v) is 4.11. The number of carbonyl (C=O) groups excluding carboxylic acids is 1. The molecule has 0 spiro atoms. The first-order chi connectivity index (χ1) is 14.9. The van der Waals surface area contributed by atoms with E-state index in [9.17, 15) is 4.79 Å². The highest BCUT2D eigenvalue weighted by atomic mass is 35.5. The van der Waals surface area contributed by atoms with E-state index < -0.39 is 0 Å². The highest BCUT2D eigenvalue weighted by Crippen LogP contribution is 2.36. The maximum absolute atomic E-state index is 12.5. The first kappa shape index (κ1) is 23.2. The summed E-state index contributed by atoms with van der Waals surface area (Å²) in [5, 5.41) is 13.2. The lowest BCUT2D eigenvalue weighted by molar-refractivity contribution is -0.113. The normalized spacial score (nSPS) is 10.7. The van der Waals surface area contributed by atoms with Crippen molar-refractivity contribution in [2.45, 2.75) is 25.0 Å². The molecule has 0 atom stereocenters. The van der Waals surface area contributed by atoms with Gasteiger partial charge in [-0.3, -0.25) is 4.79 Å². The number of anilines is 1. The predicted molar refractivity (Wildman–Crippen MR) is 124 cm³/mol. The Hall–Kier alpha value is -2.42. The van der Waals surface area contributed by atoms with Crippen molar-refractivity contribution in [1.29, 1.82) is 0 Å². The molecule has 1 aromatic heterocycles. The molecule has 164 valence electrons. The second kappa shape index (κ2) is 10.7. The van der Waals surface area contributed by atoms with Crippen molar-refractivity contribution in [3.63, 3.8) is 0 Å². The molecule has 0 saturated heterocycles. The molecule has 1 N–H and O–H groups in total. The lowest BCUT2D eigenvalue weighted by atomic mass is 10.1. The highest BCUT2D eigenvalue weighted by molar-refractivity contribution is 7.99. The van der Waals surface area contributed by atoms with Crippen molar-refractivity contribution in [3.8, 4) is 11.5 Å². The Balaban J connectivity index is 1.67. The van der Waals surface area contributed by atoms with Gasteiger partial charge in [0.05, 0.1) is 30.7 Å². The molecule has 31 heavy (non-hydrogen) atoms. The van der Waals surface area contributed by atoms with Crippen molar-refractivity contribution < 1.29 is 14.3 Å². The zero-order valence-corrected chi connectivity index (χ0v) is 19.6.